The van der Waals surface area contributed by atoms with Gasteiger partial charge >= 0.3 is 6.03 Å². The number of benzene rings is 1. The van der Waals surface area contributed by atoms with Crippen molar-refractivity contribution in [2.24, 2.45) is 0 Å². The van der Waals surface area contributed by atoms with E-state index in [1.165, 1.54) is 12.1 Å². The average molecular weight is 560 g/mol. The molecule has 10 heteroatoms. The maximum Gasteiger partial charge on any atom is 0.322 e. The zero-order valence-electron chi connectivity index (χ0n) is 23.0. The van der Waals surface area contributed by atoms with Gasteiger partial charge in [-0.25, -0.2) is 14.2 Å². The van der Waals surface area contributed by atoms with Crippen molar-refractivity contribution in [2.75, 3.05) is 38.1 Å². The average Bonchev–Trinajstić information content (AvgIpc) is 3.41. The first-order chi connectivity index (χ1) is 18.7. The number of ether oxygens (including phenoxy) is 1. The van der Waals surface area contributed by atoms with Crippen molar-refractivity contribution in [3.8, 4) is 0 Å². The lowest BCUT2D eigenvalue weighted by atomic mass is 10.00. The van der Waals surface area contributed by atoms with Crippen molar-refractivity contribution in [3.05, 3.63) is 58.1 Å². The molecule has 2 aliphatic heterocycles. The minimum Gasteiger partial charge on any atom is -0.376 e. The highest BCUT2D eigenvalue weighted by Crippen LogP contribution is 2.24. The van der Waals surface area contributed by atoms with Crippen LogP contribution in [0.25, 0.3) is 0 Å². The van der Waals surface area contributed by atoms with Crippen LogP contribution in [0.15, 0.2) is 30.3 Å². The summed E-state index contributed by atoms with van der Waals surface area (Å²) in [5.41, 5.74) is 2.60. The highest BCUT2D eigenvalue weighted by atomic mass is 35.5. The first-order valence-electron chi connectivity index (χ1n) is 13.8. The van der Waals surface area contributed by atoms with Gasteiger partial charge < -0.3 is 25.2 Å². The second-order valence-corrected chi connectivity index (χ2v) is 11.0. The van der Waals surface area contributed by atoms with E-state index in [2.05, 4.69) is 27.4 Å². The van der Waals surface area contributed by atoms with Gasteiger partial charge in [0.1, 0.15) is 11.0 Å². The Balaban J connectivity index is 1.28. The molecule has 212 valence electrons. The number of hydrogen-bond acceptors (Lipinski definition) is 5. The Kier molecular flexibility index (Phi) is 10.2. The van der Waals surface area contributed by atoms with Gasteiger partial charge in [0.15, 0.2) is 0 Å². The van der Waals surface area contributed by atoms with Gasteiger partial charge in [-0.15, -0.1) is 0 Å². The summed E-state index contributed by atoms with van der Waals surface area (Å²) >= 11 is 6.00. The Morgan fingerprint density at radius 2 is 1.92 bits per heavy atom. The number of likely N-dealkylation sites (tertiary alicyclic amines) is 1. The lowest BCUT2D eigenvalue weighted by Gasteiger charge is -2.41. The molecule has 0 saturated carbocycles. The number of anilines is 1. The summed E-state index contributed by atoms with van der Waals surface area (Å²) in [6.45, 7) is 9.42. The van der Waals surface area contributed by atoms with Gasteiger partial charge in [0.25, 0.3) is 5.91 Å². The molecule has 8 nitrogen and oxygen atoms in total. The molecule has 2 aliphatic rings. The van der Waals surface area contributed by atoms with Gasteiger partial charge in [-0.1, -0.05) is 11.6 Å². The fourth-order valence-corrected chi connectivity index (χ4v) is 5.86. The number of halogens is 2. The van der Waals surface area contributed by atoms with E-state index in [-0.39, 0.29) is 35.9 Å². The SMILES string of the molecule is Cc1cc(Cl)nc(C)c1C(=O)NCCC(C)N1CCC(N(CC2CCCO2)C(=O)Nc2ccc(F)cc2)CC1. The largest absolute Gasteiger partial charge is 0.376 e. The van der Waals surface area contributed by atoms with Gasteiger partial charge in [0.05, 0.1) is 17.4 Å². The molecular weight excluding hydrogens is 521 g/mol. The molecule has 2 fully saturated rings. The van der Waals surface area contributed by atoms with Crippen LogP contribution < -0.4 is 10.6 Å². The molecule has 4 rings (SSSR count). The smallest absolute Gasteiger partial charge is 0.322 e. The summed E-state index contributed by atoms with van der Waals surface area (Å²) in [6.07, 6.45) is 4.54. The summed E-state index contributed by atoms with van der Waals surface area (Å²) in [5, 5.41) is 6.36. The number of rotatable bonds is 9. The summed E-state index contributed by atoms with van der Waals surface area (Å²) in [6, 6.07) is 7.76. The van der Waals surface area contributed by atoms with Crippen LogP contribution in [0.5, 0.6) is 0 Å². The van der Waals surface area contributed by atoms with Gasteiger partial charge in [-0.05, 0) is 88.8 Å². The Labute approximate surface area is 235 Å². The maximum absolute atomic E-state index is 13.3. The number of nitrogens with zero attached hydrogens (tertiary/aromatic N) is 3. The van der Waals surface area contributed by atoms with Gasteiger partial charge in [-0.3, -0.25) is 4.79 Å². The van der Waals surface area contributed by atoms with Gasteiger partial charge in [0, 0.05) is 50.6 Å². The van der Waals surface area contributed by atoms with E-state index in [9.17, 15) is 14.0 Å². The van der Waals surface area contributed by atoms with Crippen molar-refractivity contribution in [1.29, 1.82) is 0 Å². The van der Waals surface area contributed by atoms with E-state index >= 15 is 0 Å². The van der Waals surface area contributed by atoms with Crippen LogP contribution in [0.4, 0.5) is 14.9 Å². The lowest BCUT2D eigenvalue weighted by Crippen LogP contribution is -2.52. The van der Waals surface area contributed by atoms with Crippen molar-refractivity contribution >= 4 is 29.2 Å². The molecule has 0 spiro atoms. The number of carbonyl (C=O) groups is 2. The molecule has 3 heterocycles. The Morgan fingerprint density at radius 1 is 1.21 bits per heavy atom. The van der Waals surface area contributed by atoms with E-state index < -0.39 is 0 Å². The molecule has 2 saturated heterocycles. The highest BCUT2D eigenvalue weighted by Gasteiger charge is 2.32. The standard InChI is InChI=1S/C29H39ClFN5O3/c1-19-17-26(30)33-21(3)27(19)28(37)32-13-10-20(2)35-14-11-24(12-15-35)36(18-25-5-4-16-39-25)29(38)34-23-8-6-22(31)7-9-23/h6-9,17,20,24-25H,4-5,10-16,18H2,1-3H3,(H,32,37)(H,34,38). The third-order valence-electron chi connectivity index (χ3n) is 7.78. The molecular formula is C29H39ClFN5O3. The molecule has 2 N–H and O–H groups in total. The lowest BCUT2D eigenvalue weighted by molar-refractivity contribution is 0.0518. The third kappa shape index (κ3) is 7.90. The van der Waals surface area contributed by atoms with E-state index in [1.54, 1.807) is 25.1 Å². The van der Waals surface area contributed by atoms with E-state index in [4.69, 9.17) is 16.3 Å². The number of pyridine rings is 1. The first kappa shape index (κ1) is 29.2. The summed E-state index contributed by atoms with van der Waals surface area (Å²) < 4.78 is 19.2. The number of piperidine rings is 1. The predicted octanol–water partition coefficient (Wildman–Crippen LogP) is 5.18. The fraction of sp³-hybridized carbons (Fsp3) is 0.552. The van der Waals surface area contributed by atoms with Crippen molar-refractivity contribution in [3.63, 3.8) is 0 Å². The topological polar surface area (TPSA) is 86.8 Å². The second-order valence-electron chi connectivity index (χ2n) is 10.6. The summed E-state index contributed by atoms with van der Waals surface area (Å²) in [5.74, 6) is -0.463. The van der Waals surface area contributed by atoms with Crippen LogP contribution in [0, 0.1) is 19.7 Å². The molecule has 39 heavy (non-hydrogen) atoms. The van der Waals surface area contributed by atoms with Crippen molar-refractivity contribution in [2.45, 2.75) is 71.1 Å². The fourth-order valence-electron chi connectivity index (χ4n) is 5.57. The molecule has 0 bridgehead atoms. The van der Waals surface area contributed by atoms with Crippen LogP contribution in [-0.2, 0) is 4.74 Å². The number of aromatic nitrogens is 1. The van der Waals surface area contributed by atoms with E-state index in [1.807, 2.05) is 11.8 Å². The summed E-state index contributed by atoms with van der Waals surface area (Å²) in [4.78, 5) is 34.6. The Morgan fingerprint density at radius 3 is 2.56 bits per heavy atom. The molecule has 2 aromatic rings. The van der Waals surface area contributed by atoms with Crippen LogP contribution in [0.1, 0.15) is 60.6 Å². The number of carbonyl (C=O) groups excluding carboxylic acids is 2. The quantitative estimate of drug-likeness (QED) is 0.414. The third-order valence-corrected chi connectivity index (χ3v) is 7.98. The van der Waals surface area contributed by atoms with Crippen LogP contribution in [-0.4, -0.2) is 77.7 Å². The van der Waals surface area contributed by atoms with Gasteiger partial charge in [0.2, 0.25) is 0 Å². The van der Waals surface area contributed by atoms with Crippen molar-refractivity contribution < 1.29 is 18.7 Å². The number of urea groups is 1. The van der Waals surface area contributed by atoms with Crippen LogP contribution in [0.3, 0.4) is 0 Å². The Hall–Kier alpha value is -2.75. The number of aryl methyl sites for hydroxylation is 2. The molecule has 2 unspecified atom stereocenters. The van der Waals surface area contributed by atoms with E-state index in [0.29, 0.717) is 35.2 Å². The molecule has 3 amide bonds. The van der Waals surface area contributed by atoms with Gasteiger partial charge in [-0.2, -0.15) is 0 Å². The normalized spacial score (nSPS) is 19.1. The minimum atomic E-state index is -0.336. The predicted molar refractivity (Wildman–Crippen MR) is 151 cm³/mol. The zero-order valence-corrected chi connectivity index (χ0v) is 23.8. The maximum atomic E-state index is 13.3. The number of hydrogen-bond donors (Lipinski definition) is 2. The molecule has 1 aromatic carbocycles. The number of amides is 3. The highest BCUT2D eigenvalue weighted by molar-refractivity contribution is 6.29. The zero-order chi connectivity index (χ0) is 27.9. The molecule has 1 aromatic heterocycles. The number of nitrogens with one attached hydrogen (secondary N) is 2. The molecule has 2 atom stereocenters. The monoisotopic (exact) mass is 559 g/mol. The van der Waals surface area contributed by atoms with E-state index in [0.717, 1.165) is 57.4 Å². The minimum absolute atomic E-state index is 0.0487. The molecule has 0 radical (unpaired) electrons. The van der Waals surface area contributed by atoms with Crippen molar-refractivity contribution in [1.82, 2.24) is 20.1 Å². The van der Waals surface area contributed by atoms with Crippen LogP contribution >= 0.6 is 11.6 Å². The first-order valence-corrected chi connectivity index (χ1v) is 14.2. The molecule has 0 aliphatic carbocycles. The second kappa shape index (κ2) is 13.5. The van der Waals surface area contributed by atoms with Crippen LogP contribution in [0.2, 0.25) is 5.15 Å². The summed E-state index contributed by atoms with van der Waals surface area (Å²) in [7, 11) is 0. The Bertz CT molecular complexity index is 1110.